The molecule has 0 heterocycles. The predicted molar refractivity (Wildman–Crippen MR) is 104 cm³/mol. The number of likely N-dealkylation sites (N-methyl/N-ethyl adjacent to an activating group) is 1. The van der Waals surface area contributed by atoms with E-state index in [0.717, 1.165) is 11.3 Å². The number of methoxy groups -OCH3 is 1. The van der Waals surface area contributed by atoms with Crippen LogP contribution in [0.15, 0.2) is 61.2 Å². The summed E-state index contributed by atoms with van der Waals surface area (Å²) in [6.45, 7) is 4.52. The van der Waals surface area contributed by atoms with Crippen molar-refractivity contribution in [3.05, 3.63) is 72.3 Å². The van der Waals surface area contributed by atoms with E-state index in [1.165, 1.54) is 0 Å². The van der Waals surface area contributed by atoms with E-state index in [2.05, 4.69) is 16.8 Å². The zero-order valence-corrected chi connectivity index (χ0v) is 15.6. The van der Waals surface area contributed by atoms with Gasteiger partial charge in [0.1, 0.15) is 18.1 Å². The Morgan fingerprint density at radius 2 is 1.88 bits per heavy atom. The standard InChI is InChI=1S/C21H26N2O3/c1-5-14-26-17-12-10-16(11-13-17)21(24)22-15-19(23(2)3)18-8-6-7-9-20(18)25-4/h5-13,19H,1,14-15H2,2-4H3,(H,22,24)/t19-/m1/s1. The van der Waals surface area contributed by atoms with Gasteiger partial charge in [-0.25, -0.2) is 0 Å². The third-order valence-electron chi connectivity index (χ3n) is 4.06. The van der Waals surface area contributed by atoms with Gasteiger partial charge in [0.2, 0.25) is 0 Å². The van der Waals surface area contributed by atoms with Gasteiger partial charge in [-0.05, 0) is 44.4 Å². The summed E-state index contributed by atoms with van der Waals surface area (Å²) in [6, 6.07) is 14.9. The Kier molecular flexibility index (Phi) is 7.24. The van der Waals surface area contributed by atoms with E-state index in [1.54, 1.807) is 37.5 Å². The maximum atomic E-state index is 12.5. The number of hydrogen-bond acceptors (Lipinski definition) is 4. The molecule has 0 fully saturated rings. The Hall–Kier alpha value is -2.79. The van der Waals surface area contributed by atoms with Crippen LogP contribution >= 0.6 is 0 Å². The third kappa shape index (κ3) is 5.10. The Morgan fingerprint density at radius 1 is 1.19 bits per heavy atom. The first-order valence-corrected chi connectivity index (χ1v) is 8.48. The van der Waals surface area contributed by atoms with Crippen LogP contribution in [-0.4, -0.2) is 45.2 Å². The first-order valence-electron chi connectivity index (χ1n) is 8.48. The number of carbonyl (C=O) groups excluding carboxylic acids is 1. The minimum absolute atomic E-state index is 0.00491. The molecule has 1 atom stereocenters. The van der Waals surface area contributed by atoms with Gasteiger partial charge in [0, 0.05) is 17.7 Å². The maximum Gasteiger partial charge on any atom is 0.251 e. The topological polar surface area (TPSA) is 50.8 Å². The second-order valence-corrected chi connectivity index (χ2v) is 6.06. The van der Waals surface area contributed by atoms with E-state index in [0.29, 0.717) is 24.5 Å². The number of hydrogen-bond donors (Lipinski definition) is 1. The highest BCUT2D eigenvalue weighted by Crippen LogP contribution is 2.27. The van der Waals surface area contributed by atoms with Crippen LogP contribution in [0.2, 0.25) is 0 Å². The summed E-state index contributed by atoms with van der Waals surface area (Å²) in [5.74, 6) is 1.40. The zero-order chi connectivity index (χ0) is 18.9. The molecule has 0 radical (unpaired) electrons. The molecular weight excluding hydrogens is 328 g/mol. The minimum Gasteiger partial charge on any atom is -0.496 e. The summed E-state index contributed by atoms with van der Waals surface area (Å²) in [5.41, 5.74) is 1.63. The molecule has 0 aliphatic carbocycles. The first-order chi connectivity index (χ1) is 12.6. The van der Waals surface area contributed by atoms with Crippen LogP contribution in [0.4, 0.5) is 0 Å². The summed E-state index contributed by atoms with van der Waals surface area (Å²) < 4.78 is 10.9. The second-order valence-electron chi connectivity index (χ2n) is 6.06. The van der Waals surface area contributed by atoms with Crippen LogP contribution in [0.5, 0.6) is 11.5 Å². The molecule has 0 unspecified atom stereocenters. The van der Waals surface area contributed by atoms with Crippen LogP contribution in [0.3, 0.4) is 0 Å². The number of amides is 1. The normalized spacial score (nSPS) is 11.7. The molecule has 0 bridgehead atoms. The smallest absolute Gasteiger partial charge is 0.251 e. The van der Waals surface area contributed by atoms with Crippen molar-refractivity contribution in [2.45, 2.75) is 6.04 Å². The van der Waals surface area contributed by atoms with Gasteiger partial charge in [-0.3, -0.25) is 4.79 Å². The summed E-state index contributed by atoms with van der Waals surface area (Å²) in [5, 5.41) is 3.00. The number of benzene rings is 2. The fourth-order valence-corrected chi connectivity index (χ4v) is 2.66. The van der Waals surface area contributed by atoms with E-state index < -0.39 is 0 Å². The Bertz CT molecular complexity index is 726. The number of nitrogens with zero attached hydrogens (tertiary/aromatic N) is 1. The monoisotopic (exact) mass is 354 g/mol. The van der Waals surface area contributed by atoms with E-state index in [1.807, 2.05) is 38.4 Å². The summed E-state index contributed by atoms with van der Waals surface area (Å²) in [6.07, 6.45) is 1.68. The molecule has 1 amide bonds. The van der Waals surface area contributed by atoms with E-state index in [9.17, 15) is 4.79 Å². The average Bonchev–Trinajstić information content (AvgIpc) is 2.66. The molecule has 0 aliphatic heterocycles. The lowest BCUT2D eigenvalue weighted by Crippen LogP contribution is -2.34. The molecule has 0 spiro atoms. The van der Waals surface area contributed by atoms with Crippen LogP contribution in [0, 0.1) is 0 Å². The molecule has 2 aromatic rings. The van der Waals surface area contributed by atoms with Crippen molar-refractivity contribution < 1.29 is 14.3 Å². The number of ether oxygens (including phenoxy) is 2. The van der Waals surface area contributed by atoms with Crippen molar-refractivity contribution >= 4 is 5.91 Å². The molecule has 5 nitrogen and oxygen atoms in total. The fourth-order valence-electron chi connectivity index (χ4n) is 2.66. The van der Waals surface area contributed by atoms with Gasteiger partial charge in [-0.15, -0.1) is 0 Å². The van der Waals surface area contributed by atoms with E-state index in [-0.39, 0.29) is 11.9 Å². The lowest BCUT2D eigenvalue weighted by atomic mass is 10.0. The Balaban J connectivity index is 2.04. The highest BCUT2D eigenvalue weighted by atomic mass is 16.5. The molecule has 0 saturated heterocycles. The molecule has 2 rings (SSSR count). The average molecular weight is 354 g/mol. The highest BCUT2D eigenvalue weighted by Gasteiger charge is 2.19. The molecule has 0 aromatic heterocycles. The summed E-state index contributed by atoms with van der Waals surface area (Å²) in [7, 11) is 5.62. The lowest BCUT2D eigenvalue weighted by molar-refractivity contribution is 0.0941. The van der Waals surface area contributed by atoms with Gasteiger partial charge in [-0.2, -0.15) is 0 Å². The summed E-state index contributed by atoms with van der Waals surface area (Å²) >= 11 is 0. The largest absolute Gasteiger partial charge is 0.496 e. The van der Waals surface area contributed by atoms with Gasteiger partial charge >= 0.3 is 0 Å². The van der Waals surface area contributed by atoms with Crippen molar-refractivity contribution in [1.82, 2.24) is 10.2 Å². The maximum absolute atomic E-state index is 12.5. The van der Waals surface area contributed by atoms with Crippen LogP contribution in [0.25, 0.3) is 0 Å². The van der Waals surface area contributed by atoms with Crippen molar-refractivity contribution in [1.29, 1.82) is 0 Å². The van der Waals surface area contributed by atoms with Gasteiger partial charge in [0.25, 0.3) is 5.91 Å². The quantitative estimate of drug-likeness (QED) is 0.702. The molecule has 5 heteroatoms. The lowest BCUT2D eigenvalue weighted by Gasteiger charge is -2.26. The summed E-state index contributed by atoms with van der Waals surface area (Å²) in [4.78, 5) is 14.5. The van der Waals surface area contributed by atoms with Crippen LogP contribution < -0.4 is 14.8 Å². The third-order valence-corrected chi connectivity index (χ3v) is 4.06. The molecule has 26 heavy (non-hydrogen) atoms. The van der Waals surface area contributed by atoms with Crippen molar-refractivity contribution in [3.8, 4) is 11.5 Å². The number of para-hydroxylation sites is 1. The fraction of sp³-hybridized carbons (Fsp3) is 0.286. The minimum atomic E-state index is -0.123. The van der Waals surface area contributed by atoms with Crippen molar-refractivity contribution in [3.63, 3.8) is 0 Å². The SMILES string of the molecule is C=CCOc1ccc(C(=O)NC[C@H](c2ccccc2OC)N(C)C)cc1. The Labute approximate surface area is 155 Å². The predicted octanol–water partition coefficient (Wildman–Crippen LogP) is 3.29. The van der Waals surface area contributed by atoms with Crippen molar-refractivity contribution in [2.24, 2.45) is 0 Å². The molecule has 0 saturated carbocycles. The number of carbonyl (C=O) groups is 1. The van der Waals surface area contributed by atoms with Gasteiger partial charge < -0.3 is 19.7 Å². The number of rotatable bonds is 9. The Morgan fingerprint density at radius 3 is 2.50 bits per heavy atom. The van der Waals surface area contributed by atoms with Gasteiger partial charge in [0.15, 0.2) is 0 Å². The van der Waals surface area contributed by atoms with Gasteiger partial charge in [0.05, 0.1) is 13.2 Å². The zero-order valence-electron chi connectivity index (χ0n) is 15.6. The molecule has 0 aliphatic rings. The van der Waals surface area contributed by atoms with Crippen LogP contribution in [0.1, 0.15) is 22.0 Å². The van der Waals surface area contributed by atoms with Gasteiger partial charge in [-0.1, -0.05) is 30.9 Å². The van der Waals surface area contributed by atoms with Crippen LogP contribution in [-0.2, 0) is 0 Å². The first kappa shape index (κ1) is 19.5. The second kappa shape index (κ2) is 9.63. The molecular formula is C21H26N2O3. The van der Waals surface area contributed by atoms with E-state index >= 15 is 0 Å². The van der Waals surface area contributed by atoms with E-state index in [4.69, 9.17) is 9.47 Å². The highest BCUT2D eigenvalue weighted by molar-refractivity contribution is 5.94. The molecule has 2 aromatic carbocycles. The number of nitrogens with one attached hydrogen (secondary N) is 1. The van der Waals surface area contributed by atoms with Crippen molar-refractivity contribution in [2.75, 3.05) is 34.4 Å². The molecule has 1 N–H and O–H groups in total. The molecule has 138 valence electrons.